The first-order valence-electron chi connectivity index (χ1n) is 4.61. The normalized spacial score (nSPS) is 8.14. The topological polar surface area (TPSA) is 20.2 Å². The SMILES string of the molecule is CCCCCCl.Oc1ccccc1.[H-].[Na+]. The van der Waals surface area contributed by atoms with Gasteiger partial charge in [-0.3, -0.25) is 0 Å². The molecule has 1 N–H and O–H groups in total. The van der Waals surface area contributed by atoms with Crippen LogP contribution in [0, 0.1) is 0 Å². The summed E-state index contributed by atoms with van der Waals surface area (Å²) in [6.45, 7) is 2.17. The fourth-order valence-corrected chi connectivity index (χ4v) is 0.961. The molecule has 76 valence electrons. The molecule has 3 heteroatoms. The third kappa shape index (κ3) is 12.3. The summed E-state index contributed by atoms with van der Waals surface area (Å²) in [5, 5.41) is 8.63. The summed E-state index contributed by atoms with van der Waals surface area (Å²) in [5.41, 5.74) is 0. The van der Waals surface area contributed by atoms with Gasteiger partial charge in [-0.25, -0.2) is 0 Å². The minimum absolute atomic E-state index is 0. The predicted molar refractivity (Wildman–Crippen MR) is 59.5 cm³/mol. The van der Waals surface area contributed by atoms with Gasteiger partial charge in [0.05, 0.1) is 0 Å². The second-order valence-electron chi connectivity index (χ2n) is 2.73. The van der Waals surface area contributed by atoms with E-state index in [1.807, 2.05) is 6.07 Å². The Morgan fingerprint density at radius 3 is 2.00 bits per heavy atom. The molecule has 0 atom stereocenters. The Morgan fingerprint density at radius 1 is 1.21 bits per heavy atom. The fraction of sp³-hybridized carbons (Fsp3) is 0.455. The van der Waals surface area contributed by atoms with Crippen LogP contribution in [0.3, 0.4) is 0 Å². The molecule has 0 aromatic heterocycles. The first kappa shape index (κ1) is 16.7. The molecule has 1 aromatic carbocycles. The third-order valence-corrected chi connectivity index (χ3v) is 1.76. The van der Waals surface area contributed by atoms with Crippen molar-refractivity contribution in [3.63, 3.8) is 0 Å². The number of aromatic hydroxyl groups is 1. The average molecular weight is 225 g/mol. The van der Waals surface area contributed by atoms with Gasteiger partial charge in [-0.2, -0.15) is 0 Å². The van der Waals surface area contributed by atoms with Crippen molar-refractivity contribution < 1.29 is 36.1 Å². The molecular weight excluding hydrogens is 207 g/mol. The van der Waals surface area contributed by atoms with Crippen LogP contribution in [0.25, 0.3) is 0 Å². The number of rotatable bonds is 3. The molecule has 0 unspecified atom stereocenters. The Bertz CT molecular complexity index is 193. The molecule has 0 radical (unpaired) electrons. The molecule has 0 spiro atoms. The number of phenolic OH excluding ortho intramolecular Hbond substituents is 1. The van der Waals surface area contributed by atoms with Gasteiger partial charge in [0.2, 0.25) is 0 Å². The summed E-state index contributed by atoms with van der Waals surface area (Å²) in [7, 11) is 0. The van der Waals surface area contributed by atoms with E-state index in [0.717, 1.165) is 5.88 Å². The Morgan fingerprint density at radius 2 is 1.79 bits per heavy atom. The van der Waals surface area contributed by atoms with E-state index in [1.165, 1.54) is 19.3 Å². The van der Waals surface area contributed by atoms with Crippen molar-refractivity contribution in [3.05, 3.63) is 30.3 Å². The molecule has 0 heterocycles. The first-order valence-corrected chi connectivity index (χ1v) is 5.14. The number of hydrogen-bond donors (Lipinski definition) is 1. The molecule has 0 bridgehead atoms. The summed E-state index contributed by atoms with van der Waals surface area (Å²) in [5.74, 6) is 1.15. The van der Waals surface area contributed by atoms with Crippen molar-refractivity contribution >= 4 is 11.6 Å². The second-order valence-corrected chi connectivity index (χ2v) is 3.11. The molecule has 0 saturated heterocycles. The van der Waals surface area contributed by atoms with Crippen molar-refractivity contribution in [1.82, 2.24) is 0 Å². The first-order chi connectivity index (χ1) is 6.31. The Hall–Kier alpha value is 0.310. The van der Waals surface area contributed by atoms with E-state index in [1.54, 1.807) is 24.3 Å². The third-order valence-electron chi connectivity index (χ3n) is 1.49. The molecular formula is C11H18ClNaO. The smallest absolute Gasteiger partial charge is 1.00 e. The van der Waals surface area contributed by atoms with E-state index in [4.69, 9.17) is 16.7 Å². The molecule has 0 aliphatic heterocycles. The van der Waals surface area contributed by atoms with Gasteiger partial charge < -0.3 is 6.53 Å². The van der Waals surface area contributed by atoms with E-state index < -0.39 is 0 Å². The molecule has 0 aliphatic carbocycles. The summed E-state index contributed by atoms with van der Waals surface area (Å²) in [4.78, 5) is 0. The number of alkyl halides is 1. The summed E-state index contributed by atoms with van der Waals surface area (Å²) in [6.07, 6.45) is 3.73. The molecule has 0 fully saturated rings. The zero-order valence-corrected chi connectivity index (χ0v) is 11.8. The van der Waals surface area contributed by atoms with Gasteiger partial charge in [-0.05, 0) is 18.6 Å². The molecule has 0 saturated carbocycles. The van der Waals surface area contributed by atoms with Crippen LogP contribution in [-0.2, 0) is 0 Å². The van der Waals surface area contributed by atoms with Crippen molar-refractivity contribution in [2.45, 2.75) is 26.2 Å². The van der Waals surface area contributed by atoms with Crippen LogP contribution in [0.5, 0.6) is 5.75 Å². The van der Waals surface area contributed by atoms with Gasteiger partial charge in [0.15, 0.2) is 0 Å². The molecule has 14 heavy (non-hydrogen) atoms. The van der Waals surface area contributed by atoms with Crippen LogP contribution in [-0.4, -0.2) is 11.0 Å². The number of phenols is 1. The second kappa shape index (κ2) is 13.3. The number of benzene rings is 1. The van der Waals surface area contributed by atoms with Crippen molar-refractivity contribution in [2.75, 3.05) is 5.88 Å². The Balaban J connectivity index is -0.000000172. The quantitative estimate of drug-likeness (QED) is 0.460. The van der Waals surface area contributed by atoms with Crippen LogP contribution in [0.15, 0.2) is 30.3 Å². The monoisotopic (exact) mass is 224 g/mol. The van der Waals surface area contributed by atoms with Crippen molar-refractivity contribution in [3.8, 4) is 5.75 Å². The summed E-state index contributed by atoms with van der Waals surface area (Å²) in [6, 6.07) is 8.71. The van der Waals surface area contributed by atoms with Gasteiger partial charge >= 0.3 is 29.6 Å². The number of halogens is 1. The Kier molecular flexibility index (Phi) is 15.9. The van der Waals surface area contributed by atoms with Gasteiger partial charge in [0.25, 0.3) is 0 Å². The average Bonchev–Trinajstić information content (AvgIpc) is 2.17. The predicted octanol–water partition coefficient (Wildman–Crippen LogP) is 0.924. The fourth-order valence-electron chi connectivity index (χ4n) is 0.772. The summed E-state index contributed by atoms with van der Waals surface area (Å²) < 4.78 is 0. The molecule has 1 nitrogen and oxygen atoms in total. The van der Waals surface area contributed by atoms with Gasteiger partial charge in [0, 0.05) is 5.88 Å². The molecule has 0 amide bonds. The van der Waals surface area contributed by atoms with E-state index in [2.05, 4.69) is 6.92 Å². The van der Waals surface area contributed by atoms with E-state index >= 15 is 0 Å². The Labute approximate surface area is 115 Å². The minimum atomic E-state index is 0. The zero-order chi connectivity index (χ0) is 9.94. The standard InChI is InChI=1S/C6H6O.C5H11Cl.Na.H/c7-6-4-2-1-3-5-6;1-2-3-4-5-6;;/h1-5,7H;2-5H2,1H3;;/q;;+1;-1. The largest absolute Gasteiger partial charge is 1.00 e. The summed E-state index contributed by atoms with van der Waals surface area (Å²) >= 11 is 5.38. The van der Waals surface area contributed by atoms with E-state index in [-0.39, 0.29) is 31.0 Å². The molecule has 1 rings (SSSR count). The molecule has 0 aliphatic rings. The molecule has 1 aromatic rings. The van der Waals surface area contributed by atoms with Crippen LogP contribution in [0.2, 0.25) is 0 Å². The maximum atomic E-state index is 8.63. The maximum Gasteiger partial charge on any atom is 1.00 e. The number of unbranched alkanes of at least 4 members (excludes halogenated alkanes) is 2. The maximum absolute atomic E-state index is 8.63. The minimum Gasteiger partial charge on any atom is -1.00 e. The van der Waals surface area contributed by atoms with Gasteiger partial charge in [-0.15, -0.1) is 11.6 Å². The van der Waals surface area contributed by atoms with Crippen molar-refractivity contribution in [2.24, 2.45) is 0 Å². The van der Waals surface area contributed by atoms with Gasteiger partial charge in [0.1, 0.15) is 5.75 Å². The zero-order valence-electron chi connectivity index (χ0n) is 10.0. The van der Waals surface area contributed by atoms with Crippen LogP contribution < -0.4 is 29.6 Å². The van der Waals surface area contributed by atoms with Crippen LogP contribution in [0.1, 0.15) is 27.6 Å². The van der Waals surface area contributed by atoms with Crippen molar-refractivity contribution in [1.29, 1.82) is 0 Å². The van der Waals surface area contributed by atoms with Gasteiger partial charge in [-0.1, -0.05) is 38.0 Å². The van der Waals surface area contributed by atoms with Crippen LogP contribution in [0.4, 0.5) is 0 Å². The van der Waals surface area contributed by atoms with E-state index in [9.17, 15) is 0 Å². The van der Waals surface area contributed by atoms with E-state index in [0.29, 0.717) is 5.75 Å². The number of hydrogen-bond acceptors (Lipinski definition) is 1. The number of para-hydroxylation sites is 1. The van der Waals surface area contributed by atoms with Crippen LogP contribution >= 0.6 is 11.6 Å².